The number of hydrogen-bond donors (Lipinski definition) is 0. The van der Waals surface area contributed by atoms with Crippen LogP contribution in [0.5, 0.6) is 11.5 Å². The first-order valence-electron chi connectivity index (χ1n) is 13.8. The van der Waals surface area contributed by atoms with Crippen molar-refractivity contribution in [3.05, 3.63) is 127 Å². The largest absolute Gasteiger partial charge is 0.456 e. The first-order valence-corrected chi connectivity index (χ1v) is 13.8. The van der Waals surface area contributed by atoms with E-state index < -0.39 is 0 Å². The zero-order valence-electron chi connectivity index (χ0n) is 21.5. The van der Waals surface area contributed by atoms with E-state index in [2.05, 4.69) is 137 Å². The van der Waals surface area contributed by atoms with Gasteiger partial charge in [0.25, 0.3) is 6.71 Å². The summed E-state index contributed by atoms with van der Waals surface area (Å²) in [6.45, 7) is 0.0853. The van der Waals surface area contributed by atoms with E-state index in [-0.39, 0.29) is 6.71 Å². The van der Waals surface area contributed by atoms with Gasteiger partial charge in [-0.25, -0.2) is 0 Å². The average molecular weight is 508 g/mol. The van der Waals surface area contributed by atoms with E-state index in [9.17, 15) is 0 Å². The third kappa shape index (κ3) is 2.39. The molecule has 3 nitrogen and oxygen atoms in total. The van der Waals surface area contributed by atoms with E-state index in [1.165, 1.54) is 60.2 Å². The van der Waals surface area contributed by atoms with Gasteiger partial charge in [0, 0.05) is 38.4 Å². The fourth-order valence-electron chi connectivity index (χ4n) is 7.45. The third-order valence-electron chi connectivity index (χ3n) is 8.97. The Bertz CT molecular complexity index is 2360. The van der Waals surface area contributed by atoms with Gasteiger partial charge < -0.3 is 13.9 Å². The van der Waals surface area contributed by atoms with Crippen molar-refractivity contribution in [2.45, 2.75) is 0 Å². The molecule has 8 aromatic rings. The molecule has 0 bridgehead atoms. The van der Waals surface area contributed by atoms with Crippen LogP contribution >= 0.6 is 0 Å². The maximum absolute atomic E-state index is 6.99. The normalized spacial score (nSPS) is 13.2. The molecule has 0 saturated heterocycles. The number of nitrogens with zero attached hydrogens (tertiary/aromatic N) is 2. The van der Waals surface area contributed by atoms with Crippen LogP contribution in [0.15, 0.2) is 127 Å². The van der Waals surface area contributed by atoms with Crippen LogP contribution in [0.4, 0.5) is 0 Å². The second-order valence-electron chi connectivity index (χ2n) is 10.9. The first-order chi connectivity index (χ1) is 19.9. The van der Waals surface area contributed by atoms with Crippen LogP contribution in [0, 0.1) is 0 Å². The molecule has 40 heavy (non-hydrogen) atoms. The van der Waals surface area contributed by atoms with Crippen LogP contribution < -0.4 is 21.1 Å². The van der Waals surface area contributed by atoms with Gasteiger partial charge in [0.2, 0.25) is 0 Å². The minimum Gasteiger partial charge on any atom is -0.456 e. The average Bonchev–Trinajstić information content (AvgIpc) is 3.54. The van der Waals surface area contributed by atoms with E-state index in [0.29, 0.717) is 0 Å². The van der Waals surface area contributed by atoms with E-state index in [1.807, 2.05) is 0 Å². The summed E-state index contributed by atoms with van der Waals surface area (Å²) in [6, 6.07) is 46.0. The second kappa shape index (κ2) is 7.25. The molecule has 4 heterocycles. The molecule has 2 aliphatic rings. The van der Waals surface area contributed by atoms with Crippen molar-refractivity contribution in [2.24, 2.45) is 0 Å². The molecule has 0 spiro atoms. The van der Waals surface area contributed by atoms with Crippen molar-refractivity contribution in [1.82, 2.24) is 9.13 Å². The maximum atomic E-state index is 6.99. The van der Waals surface area contributed by atoms with Crippen LogP contribution in [0.3, 0.4) is 0 Å². The lowest BCUT2D eigenvalue weighted by Gasteiger charge is -2.33. The number of aromatic nitrogens is 2. The Labute approximate surface area is 230 Å². The Morgan fingerprint density at radius 2 is 1.15 bits per heavy atom. The van der Waals surface area contributed by atoms with Crippen molar-refractivity contribution >= 4 is 66.7 Å². The highest BCUT2D eigenvalue weighted by Crippen LogP contribution is 2.42. The van der Waals surface area contributed by atoms with E-state index in [1.54, 1.807) is 0 Å². The van der Waals surface area contributed by atoms with Crippen molar-refractivity contribution in [3.8, 4) is 22.9 Å². The Kier molecular flexibility index (Phi) is 3.75. The molecule has 0 aliphatic carbocycles. The topological polar surface area (TPSA) is 19.1 Å². The molecule has 10 rings (SSSR count). The number of ether oxygens (including phenoxy) is 1. The zero-order valence-corrected chi connectivity index (χ0v) is 21.5. The van der Waals surface area contributed by atoms with Gasteiger partial charge in [-0.15, -0.1) is 0 Å². The van der Waals surface area contributed by atoms with Gasteiger partial charge in [0.05, 0.1) is 16.6 Å². The number of rotatable bonds is 1. The van der Waals surface area contributed by atoms with Gasteiger partial charge in [-0.1, -0.05) is 91.0 Å². The lowest BCUT2D eigenvalue weighted by atomic mass is 9.34. The summed E-state index contributed by atoms with van der Waals surface area (Å²) >= 11 is 0. The predicted molar refractivity (Wildman–Crippen MR) is 166 cm³/mol. The van der Waals surface area contributed by atoms with Gasteiger partial charge in [-0.3, -0.25) is 0 Å². The fraction of sp³-hybridized carbons (Fsp3) is 0. The summed E-state index contributed by atoms with van der Waals surface area (Å²) in [4.78, 5) is 0. The molecule has 4 heteroatoms. The highest BCUT2D eigenvalue weighted by atomic mass is 16.5. The Morgan fingerprint density at radius 3 is 1.98 bits per heavy atom. The summed E-state index contributed by atoms with van der Waals surface area (Å²) in [5.74, 6) is 1.89. The zero-order chi connectivity index (χ0) is 25.9. The Morgan fingerprint density at radius 1 is 0.475 bits per heavy atom. The van der Waals surface area contributed by atoms with Gasteiger partial charge in [0.1, 0.15) is 11.5 Å². The van der Waals surface area contributed by atoms with Gasteiger partial charge in [-0.2, -0.15) is 0 Å². The molecule has 0 atom stereocenters. The monoisotopic (exact) mass is 508 g/mol. The fourth-order valence-corrected chi connectivity index (χ4v) is 7.45. The van der Waals surface area contributed by atoms with Crippen molar-refractivity contribution in [3.63, 3.8) is 0 Å². The van der Waals surface area contributed by atoms with Crippen LogP contribution in [0.1, 0.15) is 0 Å². The first kappa shape index (κ1) is 20.7. The molecule has 0 fully saturated rings. The van der Waals surface area contributed by atoms with Crippen LogP contribution in [-0.4, -0.2) is 15.8 Å². The smallest absolute Gasteiger partial charge is 0.256 e. The van der Waals surface area contributed by atoms with Crippen LogP contribution in [0.25, 0.3) is 55.0 Å². The second-order valence-corrected chi connectivity index (χ2v) is 10.9. The summed E-state index contributed by atoms with van der Waals surface area (Å²) < 4.78 is 11.8. The third-order valence-corrected chi connectivity index (χ3v) is 8.97. The standard InChI is InChI=1S/C36H21BN2O/c1-2-10-22(11-3-1)38-29-16-6-4-13-24(29)26-20-21-28-36(35(26)38)40-32-19-9-18-31-33(32)37(28)27-15-8-14-25-23-12-5-7-17-30(23)39(31)34(25)27/h1-21H. The van der Waals surface area contributed by atoms with Crippen LogP contribution in [-0.2, 0) is 0 Å². The lowest BCUT2D eigenvalue weighted by Crippen LogP contribution is -2.58. The molecule has 0 N–H and O–H groups in total. The Balaban J connectivity index is 1.38. The van der Waals surface area contributed by atoms with E-state index >= 15 is 0 Å². The molecule has 0 radical (unpaired) electrons. The molecule has 0 amide bonds. The highest BCUT2D eigenvalue weighted by molar-refractivity contribution is 6.99. The summed E-state index contributed by atoms with van der Waals surface area (Å²) in [6.07, 6.45) is 0. The highest BCUT2D eigenvalue weighted by Gasteiger charge is 2.41. The summed E-state index contributed by atoms with van der Waals surface area (Å²) in [7, 11) is 0. The number of para-hydroxylation sites is 4. The molecular weight excluding hydrogens is 487 g/mol. The molecule has 184 valence electrons. The number of fused-ring (bicyclic) bond motifs is 11. The minimum atomic E-state index is 0.0853. The van der Waals surface area contributed by atoms with Gasteiger partial charge in [0.15, 0.2) is 0 Å². The molecule has 0 unspecified atom stereocenters. The quantitative estimate of drug-likeness (QED) is 0.223. The van der Waals surface area contributed by atoms with Gasteiger partial charge in [-0.05, 0) is 52.8 Å². The Hall–Kier alpha value is -5.22. The number of benzene rings is 6. The van der Waals surface area contributed by atoms with Crippen molar-refractivity contribution in [2.75, 3.05) is 0 Å². The molecular formula is C36H21BN2O. The summed E-state index contributed by atoms with van der Waals surface area (Å²) in [5.41, 5.74) is 11.0. The van der Waals surface area contributed by atoms with Crippen LogP contribution in [0.2, 0.25) is 0 Å². The number of hydrogen-bond acceptors (Lipinski definition) is 1. The van der Waals surface area contributed by atoms with E-state index in [0.717, 1.165) is 22.7 Å². The van der Waals surface area contributed by atoms with Crippen molar-refractivity contribution < 1.29 is 4.74 Å². The molecule has 0 saturated carbocycles. The van der Waals surface area contributed by atoms with Crippen molar-refractivity contribution in [1.29, 1.82) is 0 Å². The lowest BCUT2D eigenvalue weighted by molar-refractivity contribution is 0.491. The predicted octanol–water partition coefficient (Wildman–Crippen LogP) is 6.82. The summed E-state index contributed by atoms with van der Waals surface area (Å²) in [5, 5.41) is 5.03. The minimum absolute atomic E-state index is 0.0853. The van der Waals surface area contributed by atoms with Gasteiger partial charge >= 0.3 is 0 Å². The molecule has 2 aromatic heterocycles. The maximum Gasteiger partial charge on any atom is 0.256 e. The molecule has 6 aromatic carbocycles. The SMILES string of the molecule is c1ccc(-n2c3ccccc3c3ccc4c(c32)Oc2cccc3c2B4c2cccc4c5ccccc5n-3c24)cc1. The van der Waals surface area contributed by atoms with E-state index in [4.69, 9.17) is 4.74 Å². The molecule has 2 aliphatic heterocycles.